The molecule has 3 aromatic rings. The van der Waals surface area contributed by atoms with Crippen molar-refractivity contribution < 1.29 is 19.1 Å². The smallest absolute Gasteiger partial charge is 0.282 e. The molecular formula is C24H20N2O4. The molecule has 150 valence electrons. The van der Waals surface area contributed by atoms with Crippen molar-refractivity contribution in [1.82, 2.24) is 0 Å². The Bertz CT molecular complexity index is 1100. The van der Waals surface area contributed by atoms with Gasteiger partial charge >= 0.3 is 0 Å². The van der Waals surface area contributed by atoms with E-state index in [0.29, 0.717) is 34.0 Å². The summed E-state index contributed by atoms with van der Waals surface area (Å²) in [6.45, 7) is 0. The van der Waals surface area contributed by atoms with Crippen molar-refractivity contribution in [2.75, 3.05) is 24.4 Å². The lowest BCUT2D eigenvalue weighted by molar-refractivity contribution is -0.120. The van der Waals surface area contributed by atoms with Crippen molar-refractivity contribution >= 4 is 28.8 Å². The first-order chi connectivity index (χ1) is 14.6. The summed E-state index contributed by atoms with van der Waals surface area (Å²) < 4.78 is 10.6. The van der Waals surface area contributed by atoms with Crippen LogP contribution in [0.15, 0.2) is 84.6 Å². The first-order valence-corrected chi connectivity index (χ1v) is 9.36. The topological polar surface area (TPSA) is 67.9 Å². The molecule has 0 aliphatic carbocycles. The predicted octanol–water partition coefficient (Wildman–Crippen LogP) is 4.10. The average molecular weight is 400 g/mol. The third kappa shape index (κ3) is 3.51. The van der Waals surface area contributed by atoms with Crippen molar-refractivity contribution in [2.45, 2.75) is 0 Å². The van der Waals surface area contributed by atoms with E-state index < -0.39 is 5.91 Å². The van der Waals surface area contributed by atoms with Crippen LogP contribution in [0.5, 0.6) is 11.5 Å². The van der Waals surface area contributed by atoms with Gasteiger partial charge in [-0.15, -0.1) is 0 Å². The molecule has 0 saturated heterocycles. The summed E-state index contributed by atoms with van der Waals surface area (Å²) in [5.41, 5.74) is 2.26. The maximum absolute atomic E-state index is 13.3. The second kappa shape index (κ2) is 8.13. The van der Waals surface area contributed by atoms with Gasteiger partial charge in [0.1, 0.15) is 17.2 Å². The molecule has 1 aliphatic rings. The zero-order valence-electron chi connectivity index (χ0n) is 16.6. The Labute approximate surface area is 174 Å². The minimum Gasteiger partial charge on any atom is -0.497 e. The first-order valence-electron chi connectivity index (χ1n) is 9.36. The third-order valence-corrected chi connectivity index (χ3v) is 4.78. The Morgan fingerprint density at radius 3 is 1.87 bits per heavy atom. The van der Waals surface area contributed by atoms with Gasteiger partial charge in [-0.05, 0) is 17.7 Å². The molecule has 2 amide bonds. The van der Waals surface area contributed by atoms with Gasteiger partial charge in [-0.3, -0.25) is 9.59 Å². The molecule has 1 N–H and O–H groups in total. The van der Waals surface area contributed by atoms with Crippen LogP contribution in [0.25, 0.3) is 5.57 Å². The lowest BCUT2D eigenvalue weighted by atomic mass is 10.0. The summed E-state index contributed by atoms with van der Waals surface area (Å²) >= 11 is 0. The fourth-order valence-electron chi connectivity index (χ4n) is 3.35. The summed E-state index contributed by atoms with van der Waals surface area (Å²) in [5, 5.41) is 3.13. The van der Waals surface area contributed by atoms with Crippen molar-refractivity contribution in [2.24, 2.45) is 0 Å². The zero-order valence-corrected chi connectivity index (χ0v) is 16.6. The van der Waals surface area contributed by atoms with Gasteiger partial charge in [0.2, 0.25) is 0 Å². The van der Waals surface area contributed by atoms with E-state index in [-0.39, 0.29) is 11.6 Å². The monoisotopic (exact) mass is 400 g/mol. The van der Waals surface area contributed by atoms with E-state index in [1.807, 2.05) is 36.4 Å². The molecule has 6 nitrogen and oxygen atoms in total. The quantitative estimate of drug-likeness (QED) is 0.631. The maximum Gasteiger partial charge on any atom is 0.282 e. The van der Waals surface area contributed by atoms with Gasteiger partial charge < -0.3 is 14.8 Å². The van der Waals surface area contributed by atoms with E-state index in [4.69, 9.17) is 9.47 Å². The van der Waals surface area contributed by atoms with Gasteiger partial charge in [0.15, 0.2) is 0 Å². The van der Waals surface area contributed by atoms with E-state index in [0.717, 1.165) is 0 Å². The van der Waals surface area contributed by atoms with Crippen molar-refractivity contribution in [1.29, 1.82) is 0 Å². The summed E-state index contributed by atoms with van der Waals surface area (Å²) in [6, 6.07) is 23.2. The largest absolute Gasteiger partial charge is 0.497 e. The van der Waals surface area contributed by atoms with Crippen molar-refractivity contribution in [3.8, 4) is 11.5 Å². The van der Waals surface area contributed by atoms with Crippen LogP contribution in [0.2, 0.25) is 0 Å². The number of ether oxygens (including phenoxy) is 2. The second-order valence-corrected chi connectivity index (χ2v) is 6.62. The fraction of sp³-hybridized carbons (Fsp3) is 0.0833. The highest BCUT2D eigenvalue weighted by Crippen LogP contribution is 2.35. The van der Waals surface area contributed by atoms with E-state index >= 15 is 0 Å². The molecule has 0 bridgehead atoms. The third-order valence-electron chi connectivity index (χ3n) is 4.78. The number of imide groups is 1. The number of hydrogen-bond acceptors (Lipinski definition) is 5. The van der Waals surface area contributed by atoms with Crippen LogP contribution in [0.1, 0.15) is 5.56 Å². The summed E-state index contributed by atoms with van der Waals surface area (Å²) in [7, 11) is 3.10. The number of amides is 2. The summed E-state index contributed by atoms with van der Waals surface area (Å²) in [5.74, 6) is 0.326. The number of benzene rings is 3. The van der Waals surface area contributed by atoms with Crippen LogP contribution in [0.4, 0.5) is 11.4 Å². The normalized spacial score (nSPS) is 13.6. The molecule has 6 heteroatoms. The molecule has 0 spiro atoms. The number of hydrogen-bond donors (Lipinski definition) is 1. The molecule has 0 radical (unpaired) electrons. The summed E-state index contributed by atoms with van der Waals surface area (Å²) in [6.07, 6.45) is 0. The average Bonchev–Trinajstić information content (AvgIpc) is 3.03. The van der Waals surface area contributed by atoms with Crippen molar-refractivity contribution in [3.05, 3.63) is 90.1 Å². The van der Waals surface area contributed by atoms with Crippen LogP contribution < -0.4 is 19.7 Å². The zero-order chi connectivity index (χ0) is 21.1. The molecule has 4 rings (SSSR count). The van der Waals surface area contributed by atoms with Gasteiger partial charge in [-0.25, -0.2) is 4.90 Å². The number of anilines is 2. The molecule has 0 fully saturated rings. The SMILES string of the molecule is COc1cc(NC2=C(c3ccccc3)C(=O)N(c3ccccc3)C2=O)cc(OC)c1. The highest BCUT2D eigenvalue weighted by Gasteiger charge is 2.40. The van der Waals surface area contributed by atoms with E-state index in [9.17, 15) is 9.59 Å². The standard InChI is InChI=1S/C24H20N2O4/c1-29-19-13-17(14-20(15-19)30-2)25-22-21(16-9-5-3-6-10-16)23(27)26(24(22)28)18-11-7-4-8-12-18/h3-15,25H,1-2H3. The van der Waals surface area contributed by atoms with Crippen molar-refractivity contribution in [3.63, 3.8) is 0 Å². The molecule has 0 saturated carbocycles. The molecule has 1 heterocycles. The first kappa shape index (κ1) is 19.3. The van der Waals surface area contributed by atoms with Crippen LogP contribution in [-0.2, 0) is 9.59 Å². The second-order valence-electron chi connectivity index (χ2n) is 6.62. The van der Waals surface area contributed by atoms with Gasteiger partial charge in [0.25, 0.3) is 11.8 Å². The van der Waals surface area contributed by atoms with Crippen LogP contribution >= 0.6 is 0 Å². The van der Waals surface area contributed by atoms with Gasteiger partial charge in [0.05, 0.1) is 25.5 Å². The molecule has 30 heavy (non-hydrogen) atoms. The maximum atomic E-state index is 13.3. The molecule has 1 aliphatic heterocycles. The minimum atomic E-state index is -0.424. The fourth-order valence-corrected chi connectivity index (χ4v) is 3.35. The number of nitrogens with one attached hydrogen (secondary N) is 1. The molecule has 0 aromatic heterocycles. The number of rotatable bonds is 6. The number of methoxy groups -OCH3 is 2. The Morgan fingerprint density at radius 1 is 0.733 bits per heavy atom. The number of para-hydroxylation sites is 1. The number of carbonyl (C=O) groups excluding carboxylic acids is 2. The molecule has 0 unspecified atom stereocenters. The summed E-state index contributed by atoms with van der Waals surface area (Å²) in [4.78, 5) is 27.8. The minimum absolute atomic E-state index is 0.199. The lowest BCUT2D eigenvalue weighted by Crippen LogP contribution is -2.32. The highest BCUT2D eigenvalue weighted by molar-refractivity contribution is 6.46. The van der Waals surface area contributed by atoms with E-state index in [1.165, 1.54) is 4.90 Å². The Morgan fingerprint density at radius 2 is 1.30 bits per heavy atom. The van der Waals surface area contributed by atoms with Gasteiger partial charge in [-0.1, -0.05) is 48.5 Å². The number of carbonyl (C=O) groups is 2. The lowest BCUT2D eigenvalue weighted by Gasteiger charge is -2.15. The highest BCUT2D eigenvalue weighted by atomic mass is 16.5. The van der Waals surface area contributed by atoms with Crippen LogP contribution in [-0.4, -0.2) is 26.0 Å². The molecule has 0 atom stereocenters. The van der Waals surface area contributed by atoms with Crippen LogP contribution in [0, 0.1) is 0 Å². The van der Waals surface area contributed by atoms with E-state index in [2.05, 4.69) is 5.32 Å². The number of nitrogens with zero attached hydrogens (tertiary/aromatic N) is 1. The Kier molecular flexibility index (Phi) is 5.22. The Balaban J connectivity index is 1.82. The predicted molar refractivity (Wildman–Crippen MR) is 115 cm³/mol. The van der Waals surface area contributed by atoms with Gasteiger partial charge in [0, 0.05) is 23.9 Å². The Hall–Kier alpha value is -4.06. The van der Waals surface area contributed by atoms with Gasteiger partial charge in [-0.2, -0.15) is 0 Å². The van der Waals surface area contributed by atoms with E-state index in [1.54, 1.807) is 56.7 Å². The molecular weight excluding hydrogens is 380 g/mol. The molecule has 3 aromatic carbocycles. The van der Waals surface area contributed by atoms with Crippen LogP contribution in [0.3, 0.4) is 0 Å².